The van der Waals surface area contributed by atoms with Gasteiger partial charge in [0.25, 0.3) is 0 Å². The predicted octanol–water partition coefficient (Wildman–Crippen LogP) is 1.03. The predicted molar refractivity (Wildman–Crippen MR) is 62.6 cm³/mol. The molecule has 1 aromatic heterocycles. The summed E-state index contributed by atoms with van der Waals surface area (Å²) in [6.07, 6.45) is 0.395. The van der Waals surface area contributed by atoms with Crippen molar-refractivity contribution in [3.63, 3.8) is 0 Å². The van der Waals surface area contributed by atoms with Crippen molar-refractivity contribution in [3.8, 4) is 0 Å². The van der Waals surface area contributed by atoms with Gasteiger partial charge in [-0.25, -0.2) is 15.2 Å². The number of hydrazine groups is 1. The summed E-state index contributed by atoms with van der Waals surface area (Å²) in [5, 5.41) is 2.06. The van der Waals surface area contributed by atoms with E-state index in [9.17, 15) is 9.59 Å². The summed E-state index contributed by atoms with van der Waals surface area (Å²) >= 11 is 0. The van der Waals surface area contributed by atoms with Gasteiger partial charge < -0.3 is 4.42 Å². The number of anilines is 1. The quantitative estimate of drug-likeness (QED) is 0.743. The van der Waals surface area contributed by atoms with Gasteiger partial charge in [-0.15, -0.1) is 0 Å². The van der Waals surface area contributed by atoms with Gasteiger partial charge in [0, 0.05) is 18.4 Å². The number of carbonyl (C=O) groups is 1. The van der Waals surface area contributed by atoms with Crippen molar-refractivity contribution < 1.29 is 9.21 Å². The number of fused-ring (bicyclic) bond motifs is 1. The molecular weight excluding hydrogens is 220 g/mol. The average Bonchev–Trinajstić information content (AvgIpc) is 2.74. The van der Waals surface area contributed by atoms with Crippen LogP contribution in [0.4, 0.5) is 5.69 Å². The van der Waals surface area contributed by atoms with Crippen molar-refractivity contribution in [2.75, 3.05) is 11.6 Å². The zero-order valence-electron chi connectivity index (χ0n) is 8.97. The van der Waals surface area contributed by atoms with Gasteiger partial charge in [0.1, 0.15) is 11.3 Å². The van der Waals surface area contributed by atoms with Gasteiger partial charge in [0.2, 0.25) is 5.91 Å². The standard InChI is InChI=1S/C12H10N2O3/c15-11-5-6-13-14(11)9-7-8-3-1-2-4-10(8)17-12(9)16/h1-4,7,13H,5-6H2. The van der Waals surface area contributed by atoms with Crippen LogP contribution in [0.25, 0.3) is 11.0 Å². The highest BCUT2D eigenvalue weighted by molar-refractivity contribution is 5.95. The molecule has 2 heterocycles. The highest BCUT2D eigenvalue weighted by Gasteiger charge is 2.24. The van der Waals surface area contributed by atoms with E-state index in [0.717, 1.165) is 5.39 Å². The van der Waals surface area contributed by atoms with Crippen molar-refractivity contribution in [1.82, 2.24) is 5.43 Å². The van der Waals surface area contributed by atoms with Crippen molar-refractivity contribution in [1.29, 1.82) is 0 Å². The Balaban J connectivity index is 2.19. The molecule has 86 valence electrons. The molecule has 5 nitrogen and oxygen atoms in total. The largest absolute Gasteiger partial charge is 0.421 e. The summed E-state index contributed by atoms with van der Waals surface area (Å²) in [5.41, 5.74) is 3.11. The lowest BCUT2D eigenvalue weighted by atomic mass is 10.2. The second-order valence-corrected chi connectivity index (χ2v) is 3.84. The average molecular weight is 230 g/mol. The highest BCUT2D eigenvalue weighted by Crippen LogP contribution is 2.18. The van der Waals surface area contributed by atoms with E-state index in [-0.39, 0.29) is 11.6 Å². The summed E-state index contributed by atoms with van der Waals surface area (Å²) in [4.78, 5) is 23.3. The summed E-state index contributed by atoms with van der Waals surface area (Å²) in [6.45, 7) is 0.547. The van der Waals surface area contributed by atoms with Gasteiger partial charge in [0.15, 0.2) is 0 Å². The molecule has 1 saturated heterocycles. The molecular formula is C12H10N2O3. The minimum Gasteiger partial charge on any atom is -0.421 e. The molecule has 3 rings (SSSR count). The monoisotopic (exact) mass is 230 g/mol. The van der Waals surface area contributed by atoms with Gasteiger partial charge in [-0.05, 0) is 12.1 Å². The van der Waals surface area contributed by atoms with Gasteiger partial charge in [-0.3, -0.25) is 4.79 Å². The number of nitrogens with zero attached hydrogens (tertiary/aromatic N) is 1. The Hall–Kier alpha value is -2.14. The number of rotatable bonds is 1. The first-order valence-corrected chi connectivity index (χ1v) is 5.35. The Morgan fingerprint density at radius 3 is 2.82 bits per heavy atom. The molecule has 0 bridgehead atoms. The third-order valence-corrected chi connectivity index (χ3v) is 2.72. The van der Waals surface area contributed by atoms with Crippen LogP contribution in [0, 0.1) is 0 Å². The Labute approximate surface area is 96.6 Å². The maximum atomic E-state index is 11.8. The van der Waals surface area contributed by atoms with E-state index in [1.54, 1.807) is 18.2 Å². The molecule has 5 heteroatoms. The fourth-order valence-electron chi connectivity index (χ4n) is 1.90. The second-order valence-electron chi connectivity index (χ2n) is 3.84. The molecule has 1 aliphatic rings. The number of nitrogens with one attached hydrogen (secondary N) is 1. The van der Waals surface area contributed by atoms with Crippen LogP contribution < -0.4 is 16.1 Å². The van der Waals surface area contributed by atoms with Gasteiger partial charge >= 0.3 is 5.63 Å². The zero-order valence-corrected chi connectivity index (χ0v) is 8.97. The van der Waals surface area contributed by atoms with E-state index in [1.165, 1.54) is 5.01 Å². The maximum absolute atomic E-state index is 11.8. The summed E-state index contributed by atoms with van der Waals surface area (Å²) in [6, 6.07) is 8.87. The molecule has 0 radical (unpaired) electrons. The first-order chi connectivity index (χ1) is 8.25. The second kappa shape index (κ2) is 3.71. The van der Waals surface area contributed by atoms with Crippen LogP contribution in [-0.4, -0.2) is 12.5 Å². The molecule has 0 aliphatic carbocycles. The van der Waals surface area contributed by atoms with Crippen molar-refractivity contribution in [2.24, 2.45) is 0 Å². The number of benzene rings is 1. The van der Waals surface area contributed by atoms with Crippen molar-refractivity contribution in [3.05, 3.63) is 40.8 Å². The van der Waals surface area contributed by atoms with E-state index in [1.807, 2.05) is 12.1 Å². The molecule has 1 aromatic carbocycles. The van der Waals surface area contributed by atoms with Crippen LogP contribution in [-0.2, 0) is 4.79 Å². The fourth-order valence-corrected chi connectivity index (χ4v) is 1.90. The number of para-hydroxylation sites is 1. The van der Waals surface area contributed by atoms with Crippen LogP contribution in [0.15, 0.2) is 39.5 Å². The lowest BCUT2D eigenvalue weighted by molar-refractivity contribution is -0.117. The molecule has 0 unspecified atom stereocenters. The van der Waals surface area contributed by atoms with Crippen LogP contribution in [0.1, 0.15) is 6.42 Å². The molecule has 1 fully saturated rings. The number of hydrogen-bond acceptors (Lipinski definition) is 4. The van der Waals surface area contributed by atoms with E-state index >= 15 is 0 Å². The Kier molecular flexibility index (Phi) is 2.19. The zero-order chi connectivity index (χ0) is 11.8. The number of amides is 1. The molecule has 0 spiro atoms. The lowest BCUT2D eigenvalue weighted by Gasteiger charge is -2.14. The molecule has 17 heavy (non-hydrogen) atoms. The normalized spacial score (nSPS) is 15.8. The maximum Gasteiger partial charge on any atom is 0.361 e. The highest BCUT2D eigenvalue weighted by atomic mass is 16.4. The van der Waals surface area contributed by atoms with Gasteiger partial charge in [-0.1, -0.05) is 18.2 Å². The topological polar surface area (TPSA) is 62.6 Å². The SMILES string of the molecule is O=C1CCNN1c1cc2ccccc2oc1=O. The minimum absolute atomic E-state index is 0.118. The van der Waals surface area contributed by atoms with Crippen LogP contribution >= 0.6 is 0 Å². The molecule has 2 aromatic rings. The Morgan fingerprint density at radius 2 is 2.06 bits per heavy atom. The van der Waals surface area contributed by atoms with E-state index < -0.39 is 5.63 Å². The smallest absolute Gasteiger partial charge is 0.361 e. The van der Waals surface area contributed by atoms with Gasteiger partial charge in [-0.2, -0.15) is 0 Å². The third-order valence-electron chi connectivity index (χ3n) is 2.72. The van der Waals surface area contributed by atoms with Crippen LogP contribution in [0.2, 0.25) is 0 Å². The van der Waals surface area contributed by atoms with E-state index in [2.05, 4.69) is 5.43 Å². The van der Waals surface area contributed by atoms with E-state index in [0.29, 0.717) is 18.5 Å². The molecule has 1 amide bonds. The lowest BCUT2D eigenvalue weighted by Crippen LogP contribution is -2.37. The van der Waals surface area contributed by atoms with E-state index in [4.69, 9.17) is 4.42 Å². The van der Waals surface area contributed by atoms with Crippen LogP contribution in [0.3, 0.4) is 0 Å². The van der Waals surface area contributed by atoms with Crippen LogP contribution in [0.5, 0.6) is 0 Å². The minimum atomic E-state index is -0.508. The summed E-state index contributed by atoms with van der Waals surface area (Å²) in [5.74, 6) is -0.118. The molecule has 0 saturated carbocycles. The third kappa shape index (κ3) is 1.60. The summed E-state index contributed by atoms with van der Waals surface area (Å²) in [7, 11) is 0. The number of carbonyl (C=O) groups excluding carboxylic acids is 1. The Bertz CT molecular complexity index is 647. The fraction of sp³-hybridized carbons (Fsp3) is 0.167. The van der Waals surface area contributed by atoms with Gasteiger partial charge in [0.05, 0.1) is 0 Å². The first kappa shape index (κ1) is 10.0. The van der Waals surface area contributed by atoms with Crippen molar-refractivity contribution >= 4 is 22.6 Å². The first-order valence-electron chi connectivity index (χ1n) is 5.35. The summed E-state index contributed by atoms with van der Waals surface area (Å²) < 4.78 is 5.16. The van der Waals surface area contributed by atoms with Crippen molar-refractivity contribution in [2.45, 2.75) is 6.42 Å². The molecule has 1 N–H and O–H groups in total. The molecule has 0 atom stereocenters. The Morgan fingerprint density at radius 1 is 1.24 bits per heavy atom. The number of hydrogen-bond donors (Lipinski definition) is 1. The molecule has 1 aliphatic heterocycles.